The maximum absolute atomic E-state index is 14.5. The van der Waals surface area contributed by atoms with E-state index >= 15 is 0 Å². The summed E-state index contributed by atoms with van der Waals surface area (Å²) in [4.78, 5) is 30.9. The minimum absolute atomic E-state index is 0.0820. The molecule has 0 aliphatic carbocycles. The van der Waals surface area contributed by atoms with E-state index in [1.54, 1.807) is 35.3 Å². The molecule has 0 saturated heterocycles. The van der Waals surface area contributed by atoms with Gasteiger partial charge in [0.1, 0.15) is 16.4 Å². The predicted molar refractivity (Wildman–Crippen MR) is 131 cm³/mol. The van der Waals surface area contributed by atoms with Crippen LogP contribution in [0, 0.1) is 12.7 Å². The highest BCUT2D eigenvalue weighted by Crippen LogP contribution is 2.43. The van der Waals surface area contributed by atoms with Crippen LogP contribution in [0.5, 0.6) is 5.75 Å². The number of benzene rings is 2. The van der Waals surface area contributed by atoms with Gasteiger partial charge in [-0.1, -0.05) is 6.07 Å². The first kappa shape index (κ1) is 23.6. The molecule has 3 aromatic heterocycles. The maximum atomic E-state index is 14.5. The van der Waals surface area contributed by atoms with E-state index < -0.39 is 29.1 Å². The third-order valence-corrected chi connectivity index (χ3v) is 7.19. The molecule has 0 atom stereocenters. The van der Waals surface area contributed by atoms with Crippen molar-refractivity contribution in [1.82, 2.24) is 18.7 Å². The van der Waals surface area contributed by atoms with Gasteiger partial charge in [0.15, 0.2) is 0 Å². The molecule has 0 radical (unpaired) electrons. The van der Waals surface area contributed by atoms with Crippen LogP contribution in [-0.4, -0.2) is 25.8 Å². The van der Waals surface area contributed by atoms with E-state index in [2.05, 4.69) is 4.98 Å². The van der Waals surface area contributed by atoms with Gasteiger partial charge in [-0.25, -0.2) is 27.5 Å². The molecule has 0 aliphatic heterocycles. The normalized spacial score (nSPS) is 11.5. The summed E-state index contributed by atoms with van der Waals surface area (Å²) in [6, 6.07) is 9.66. The maximum Gasteiger partial charge on any atom is 0.336 e. The van der Waals surface area contributed by atoms with E-state index in [4.69, 9.17) is 4.74 Å². The monoisotopic (exact) mass is 512 g/mol. The molecule has 0 bridgehead atoms. The Morgan fingerprint density at radius 2 is 1.81 bits per heavy atom. The van der Waals surface area contributed by atoms with Crippen molar-refractivity contribution in [3.05, 3.63) is 92.9 Å². The number of ether oxygens (including phenoxy) is 1. The summed E-state index contributed by atoms with van der Waals surface area (Å²) in [6.45, 7) is 1.84. The fourth-order valence-corrected chi connectivity index (χ4v) is 5.39. The molecule has 5 rings (SSSR count). The zero-order chi connectivity index (χ0) is 25.7. The molecule has 0 spiro atoms. The fourth-order valence-electron chi connectivity index (χ4n) is 4.14. The van der Waals surface area contributed by atoms with Gasteiger partial charge in [0.05, 0.1) is 41.5 Å². The zero-order valence-corrected chi connectivity index (χ0v) is 20.1. The second-order valence-corrected chi connectivity index (χ2v) is 9.09. The van der Waals surface area contributed by atoms with Gasteiger partial charge in [-0.2, -0.15) is 0 Å². The quantitative estimate of drug-likeness (QED) is 0.333. The number of nitrogens with zero attached hydrogens (tertiary/aromatic N) is 4. The molecule has 0 amide bonds. The van der Waals surface area contributed by atoms with Gasteiger partial charge in [0.25, 0.3) is 12.0 Å². The molecule has 0 unspecified atom stereocenters. The van der Waals surface area contributed by atoms with Crippen LogP contribution in [0.15, 0.2) is 64.6 Å². The summed E-state index contributed by atoms with van der Waals surface area (Å²) in [5, 5.41) is -0.260. The number of hydrogen-bond donors (Lipinski definition) is 0. The van der Waals surface area contributed by atoms with Gasteiger partial charge in [-0.15, -0.1) is 11.3 Å². The molecule has 5 aromatic rings. The van der Waals surface area contributed by atoms with Crippen molar-refractivity contribution >= 4 is 21.6 Å². The third-order valence-electron chi connectivity index (χ3n) is 5.86. The summed E-state index contributed by atoms with van der Waals surface area (Å²) in [5.41, 5.74) is -0.148. The minimum Gasteiger partial charge on any atom is -0.495 e. The Morgan fingerprint density at radius 1 is 1.08 bits per heavy atom. The molecule has 7 nitrogen and oxygen atoms in total. The standard InChI is InChI=1S/C25H19F3N4O3S/c1-13-11-31(12-29-13)17-9-4-14(10-18(17)35-3)21-19(22(27)28)20-23(33)32(16-7-5-15(26)6-8-16)25(34)30(2)24(20)36-21/h4-12,22H,1-3H3. The Balaban J connectivity index is 1.78. The van der Waals surface area contributed by atoms with Crippen LogP contribution < -0.4 is 16.0 Å². The number of aromatic nitrogens is 4. The van der Waals surface area contributed by atoms with Crippen molar-refractivity contribution in [1.29, 1.82) is 0 Å². The van der Waals surface area contributed by atoms with Crippen LogP contribution in [0.4, 0.5) is 13.2 Å². The largest absolute Gasteiger partial charge is 0.495 e. The van der Waals surface area contributed by atoms with Gasteiger partial charge in [-0.3, -0.25) is 9.36 Å². The van der Waals surface area contributed by atoms with Gasteiger partial charge < -0.3 is 9.30 Å². The summed E-state index contributed by atoms with van der Waals surface area (Å²) >= 11 is 0.927. The summed E-state index contributed by atoms with van der Waals surface area (Å²) < 4.78 is 51.6. The van der Waals surface area contributed by atoms with Gasteiger partial charge in [-0.05, 0) is 48.9 Å². The topological polar surface area (TPSA) is 71.0 Å². The van der Waals surface area contributed by atoms with Gasteiger partial charge >= 0.3 is 5.69 Å². The molecular weight excluding hydrogens is 493 g/mol. The lowest BCUT2D eigenvalue weighted by Gasteiger charge is -2.12. The summed E-state index contributed by atoms with van der Waals surface area (Å²) in [5.74, 6) is -0.140. The van der Waals surface area contributed by atoms with Crippen LogP contribution in [0.2, 0.25) is 0 Å². The first-order valence-corrected chi connectivity index (χ1v) is 11.5. The molecule has 2 aromatic carbocycles. The minimum atomic E-state index is -3.00. The van der Waals surface area contributed by atoms with Crippen molar-refractivity contribution in [2.24, 2.45) is 7.05 Å². The van der Waals surface area contributed by atoms with Crippen molar-refractivity contribution in [2.45, 2.75) is 13.3 Å². The van der Waals surface area contributed by atoms with Crippen LogP contribution in [-0.2, 0) is 7.05 Å². The second kappa shape index (κ2) is 8.83. The molecule has 0 N–H and O–H groups in total. The summed E-state index contributed by atoms with van der Waals surface area (Å²) in [7, 11) is 2.88. The van der Waals surface area contributed by atoms with E-state index in [-0.39, 0.29) is 20.8 Å². The van der Waals surface area contributed by atoms with E-state index in [9.17, 15) is 22.8 Å². The molecular formula is C25H19F3N4O3S. The summed E-state index contributed by atoms with van der Waals surface area (Å²) in [6.07, 6.45) is 0.419. The van der Waals surface area contributed by atoms with Crippen molar-refractivity contribution in [3.8, 4) is 27.6 Å². The van der Waals surface area contributed by atoms with E-state index in [0.29, 0.717) is 17.0 Å². The number of thiophene rings is 1. The number of aryl methyl sites for hydroxylation is 2. The molecule has 3 heterocycles. The zero-order valence-electron chi connectivity index (χ0n) is 19.3. The highest BCUT2D eigenvalue weighted by atomic mass is 32.1. The molecule has 0 aliphatic rings. The highest BCUT2D eigenvalue weighted by molar-refractivity contribution is 7.22. The number of halogens is 3. The van der Waals surface area contributed by atoms with Crippen LogP contribution in [0.1, 0.15) is 17.7 Å². The lowest BCUT2D eigenvalue weighted by molar-refractivity contribution is 0.154. The second-order valence-electron chi connectivity index (χ2n) is 8.09. The van der Waals surface area contributed by atoms with Crippen molar-refractivity contribution in [2.75, 3.05) is 7.11 Å². The average Bonchev–Trinajstić information content (AvgIpc) is 3.48. The Bertz CT molecular complexity index is 1730. The molecule has 11 heteroatoms. The van der Waals surface area contributed by atoms with Crippen LogP contribution in [0.25, 0.3) is 32.0 Å². The molecule has 0 fully saturated rings. The number of alkyl halides is 2. The lowest BCUT2D eigenvalue weighted by atomic mass is 10.1. The van der Waals surface area contributed by atoms with Crippen LogP contribution in [0.3, 0.4) is 0 Å². The Kier molecular flexibility index (Phi) is 5.79. The molecule has 184 valence electrons. The Morgan fingerprint density at radius 3 is 2.42 bits per heavy atom. The van der Waals surface area contributed by atoms with E-state index in [1.165, 1.54) is 26.3 Å². The van der Waals surface area contributed by atoms with Crippen LogP contribution >= 0.6 is 11.3 Å². The average molecular weight is 513 g/mol. The number of rotatable bonds is 5. The number of methoxy groups -OCH3 is 1. The first-order chi connectivity index (χ1) is 17.2. The fraction of sp³-hybridized carbons (Fsp3) is 0.160. The smallest absolute Gasteiger partial charge is 0.336 e. The SMILES string of the molecule is COc1cc(-c2sc3c(c2C(F)F)c(=O)n(-c2ccc(F)cc2)c(=O)n3C)ccc1-n1cnc(C)c1. The molecule has 0 saturated carbocycles. The Labute approximate surface area is 206 Å². The number of fused-ring (bicyclic) bond motifs is 1. The number of hydrogen-bond acceptors (Lipinski definition) is 5. The number of imidazole rings is 1. The van der Waals surface area contributed by atoms with Crippen molar-refractivity contribution in [3.63, 3.8) is 0 Å². The molecule has 36 heavy (non-hydrogen) atoms. The first-order valence-electron chi connectivity index (χ1n) is 10.7. The van der Waals surface area contributed by atoms with Crippen molar-refractivity contribution < 1.29 is 17.9 Å². The third kappa shape index (κ3) is 3.72. The lowest BCUT2D eigenvalue weighted by Crippen LogP contribution is -2.37. The van der Waals surface area contributed by atoms with E-state index in [1.807, 2.05) is 6.92 Å². The Hall–Kier alpha value is -4.12. The van der Waals surface area contributed by atoms with Gasteiger partial charge in [0.2, 0.25) is 0 Å². The van der Waals surface area contributed by atoms with Gasteiger partial charge in [0, 0.05) is 18.1 Å². The van der Waals surface area contributed by atoms with E-state index in [0.717, 1.165) is 38.3 Å². The predicted octanol–water partition coefficient (Wildman–Crippen LogP) is 5.00. The highest BCUT2D eigenvalue weighted by Gasteiger charge is 2.28.